The maximum Gasteiger partial charge on any atom is 0.183 e. The fourth-order valence-corrected chi connectivity index (χ4v) is 1.03. The molecule has 0 aromatic carbocycles. The van der Waals surface area contributed by atoms with E-state index < -0.39 is 30.7 Å². The van der Waals surface area contributed by atoms with Crippen LogP contribution in [-0.4, -0.2) is 51.1 Å². The smallest absolute Gasteiger partial charge is 0.183 e. The van der Waals surface area contributed by atoms with E-state index in [-0.39, 0.29) is 0 Å². The van der Waals surface area contributed by atoms with E-state index in [0.717, 1.165) is 0 Å². The third-order valence-corrected chi connectivity index (χ3v) is 1.83. The highest BCUT2D eigenvalue weighted by atomic mass is 16.6. The van der Waals surface area contributed by atoms with Gasteiger partial charge in [-0.15, -0.1) is 0 Å². The summed E-state index contributed by atoms with van der Waals surface area (Å²) in [4.78, 5) is 0. The van der Waals surface area contributed by atoms with Gasteiger partial charge in [0.15, 0.2) is 6.29 Å². The van der Waals surface area contributed by atoms with E-state index in [1.165, 1.54) is 6.92 Å². The third kappa shape index (κ3) is 1.52. The highest BCUT2D eigenvalue weighted by Crippen LogP contribution is 2.18. The van der Waals surface area contributed by atoms with Gasteiger partial charge in [0.05, 0.1) is 6.10 Å². The highest BCUT2D eigenvalue weighted by Gasteiger charge is 2.40. The van der Waals surface area contributed by atoms with Crippen molar-refractivity contribution in [3.05, 3.63) is 0 Å². The highest BCUT2D eigenvalue weighted by molar-refractivity contribution is 4.86. The Balaban J connectivity index is 2.63. The van der Waals surface area contributed by atoms with Crippen LogP contribution in [0.3, 0.4) is 0 Å². The second-order valence-corrected chi connectivity index (χ2v) is 2.70. The summed E-state index contributed by atoms with van der Waals surface area (Å²) in [5, 5.41) is 36.0. The molecule has 0 aromatic heterocycles. The molecule has 1 saturated heterocycles. The van der Waals surface area contributed by atoms with Gasteiger partial charge in [0.2, 0.25) is 0 Å². The summed E-state index contributed by atoms with van der Waals surface area (Å²) in [5.74, 6) is 0. The molecule has 5 nitrogen and oxygen atoms in total. The van der Waals surface area contributed by atoms with Gasteiger partial charge in [-0.1, -0.05) is 0 Å². The van der Waals surface area contributed by atoms with E-state index >= 15 is 0 Å². The van der Waals surface area contributed by atoms with Gasteiger partial charge in [-0.3, -0.25) is 0 Å². The third-order valence-electron chi connectivity index (χ3n) is 1.83. The van der Waals surface area contributed by atoms with E-state index in [2.05, 4.69) is 4.74 Å². The van der Waals surface area contributed by atoms with Crippen molar-refractivity contribution in [3.63, 3.8) is 0 Å². The number of hydrogen-bond acceptors (Lipinski definition) is 5. The summed E-state index contributed by atoms with van der Waals surface area (Å²) in [6.07, 6.45) is -5.99. The fraction of sp³-hybridized carbons (Fsp3) is 1.00. The van der Waals surface area contributed by atoms with Crippen molar-refractivity contribution in [2.75, 3.05) is 0 Å². The molecule has 5 atom stereocenters. The van der Waals surface area contributed by atoms with Gasteiger partial charge in [0.25, 0.3) is 0 Å². The first-order chi connectivity index (χ1) is 5.04. The standard InChI is InChI=1S/C6H12O5/c1-2-3(7)4(8)5(9)6(10)11-2/h2-10H,1H3/t2-,3-,4-,5+,6+/m1/s1. The van der Waals surface area contributed by atoms with Gasteiger partial charge in [0, 0.05) is 0 Å². The molecule has 1 fully saturated rings. The van der Waals surface area contributed by atoms with Crippen molar-refractivity contribution in [2.24, 2.45) is 0 Å². The average molecular weight is 164 g/mol. The molecule has 0 spiro atoms. The second kappa shape index (κ2) is 3.04. The fourth-order valence-electron chi connectivity index (χ4n) is 1.03. The molecule has 1 rings (SSSR count). The zero-order valence-corrected chi connectivity index (χ0v) is 6.08. The Hall–Kier alpha value is -0.200. The number of ether oxygens (including phenoxy) is 1. The van der Waals surface area contributed by atoms with Gasteiger partial charge in [-0.25, -0.2) is 0 Å². The van der Waals surface area contributed by atoms with Crippen LogP contribution in [-0.2, 0) is 4.74 Å². The molecule has 0 unspecified atom stereocenters. The summed E-state index contributed by atoms with van der Waals surface area (Å²) < 4.78 is 4.68. The predicted molar refractivity (Wildman–Crippen MR) is 34.6 cm³/mol. The van der Waals surface area contributed by atoms with E-state index in [9.17, 15) is 0 Å². The molecule has 1 heterocycles. The lowest BCUT2D eigenvalue weighted by atomic mass is 10.0. The van der Waals surface area contributed by atoms with Crippen LogP contribution < -0.4 is 0 Å². The van der Waals surface area contributed by atoms with Crippen LogP contribution in [0, 0.1) is 0 Å². The average Bonchev–Trinajstić information content (AvgIpc) is 1.97. The minimum Gasteiger partial charge on any atom is -0.388 e. The number of rotatable bonds is 0. The molecule has 1 aliphatic rings. The molecule has 5 heteroatoms. The Morgan fingerprint density at radius 3 is 2.00 bits per heavy atom. The largest absolute Gasteiger partial charge is 0.388 e. The molecule has 1 aliphatic heterocycles. The van der Waals surface area contributed by atoms with Crippen molar-refractivity contribution in [3.8, 4) is 0 Å². The summed E-state index contributed by atoms with van der Waals surface area (Å²) >= 11 is 0. The predicted octanol–water partition coefficient (Wildman–Crippen LogP) is -2.19. The first kappa shape index (κ1) is 8.89. The lowest BCUT2D eigenvalue weighted by Crippen LogP contribution is -2.56. The molecular weight excluding hydrogens is 152 g/mol. The molecule has 11 heavy (non-hydrogen) atoms. The normalized spacial score (nSPS) is 52.6. The minimum absolute atomic E-state index is 0.664. The number of aliphatic hydroxyl groups excluding tert-OH is 4. The molecule has 0 aromatic rings. The van der Waals surface area contributed by atoms with Crippen LogP contribution >= 0.6 is 0 Å². The van der Waals surface area contributed by atoms with E-state index in [1.54, 1.807) is 0 Å². The molecule has 66 valence electrons. The molecule has 0 radical (unpaired) electrons. The van der Waals surface area contributed by atoms with Gasteiger partial charge in [0.1, 0.15) is 18.3 Å². The monoisotopic (exact) mass is 164 g/mol. The van der Waals surface area contributed by atoms with Crippen LogP contribution in [0.5, 0.6) is 0 Å². The van der Waals surface area contributed by atoms with Gasteiger partial charge >= 0.3 is 0 Å². The van der Waals surface area contributed by atoms with Crippen LogP contribution in [0.1, 0.15) is 6.92 Å². The summed E-state index contributed by atoms with van der Waals surface area (Å²) in [6.45, 7) is 1.50. The van der Waals surface area contributed by atoms with Crippen molar-refractivity contribution in [1.82, 2.24) is 0 Å². The number of aliphatic hydroxyl groups is 4. The molecule has 0 saturated carbocycles. The summed E-state index contributed by atoms with van der Waals surface area (Å²) in [7, 11) is 0. The van der Waals surface area contributed by atoms with E-state index in [4.69, 9.17) is 20.4 Å². The second-order valence-electron chi connectivity index (χ2n) is 2.70. The molecule has 0 bridgehead atoms. The maximum absolute atomic E-state index is 9.09. The van der Waals surface area contributed by atoms with Crippen LogP contribution in [0.15, 0.2) is 0 Å². The SMILES string of the molecule is C[C@H]1O[C@H](O)[C@@H](O)[C@H](O)[C@@H]1O. The van der Waals surface area contributed by atoms with Crippen molar-refractivity contribution >= 4 is 0 Å². The Kier molecular flexibility index (Phi) is 2.46. The zero-order chi connectivity index (χ0) is 8.59. The van der Waals surface area contributed by atoms with Crippen LogP contribution in [0.25, 0.3) is 0 Å². The topological polar surface area (TPSA) is 90.2 Å². The Bertz CT molecular complexity index is 125. The number of hydrogen-bond donors (Lipinski definition) is 4. The Morgan fingerprint density at radius 2 is 1.45 bits per heavy atom. The first-order valence-electron chi connectivity index (χ1n) is 3.41. The van der Waals surface area contributed by atoms with Crippen molar-refractivity contribution < 1.29 is 25.2 Å². The van der Waals surface area contributed by atoms with Gasteiger partial charge in [-0.05, 0) is 6.92 Å². The Labute approximate surface area is 63.8 Å². The van der Waals surface area contributed by atoms with Gasteiger partial charge in [-0.2, -0.15) is 0 Å². The lowest BCUT2D eigenvalue weighted by Gasteiger charge is -2.36. The van der Waals surface area contributed by atoms with Crippen LogP contribution in [0.2, 0.25) is 0 Å². The van der Waals surface area contributed by atoms with Crippen molar-refractivity contribution in [2.45, 2.75) is 37.6 Å². The molecule has 4 N–H and O–H groups in total. The molecular formula is C6H12O5. The first-order valence-corrected chi connectivity index (χ1v) is 3.41. The lowest BCUT2D eigenvalue weighted by molar-refractivity contribution is -0.277. The Morgan fingerprint density at radius 1 is 0.909 bits per heavy atom. The van der Waals surface area contributed by atoms with E-state index in [0.29, 0.717) is 0 Å². The zero-order valence-electron chi connectivity index (χ0n) is 6.08. The molecule has 0 aliphatic carbocycles. The van der Waals surface area contributed by atoms with Crippen molar-refractivity contribution in [1.29, 1.82) is 0 Å². The summed E-state index contributed by atoms with van der Waals surface area (Å²) in [6, 6.07) is 0. The maximum atomic E-state index is 9.09. The minimum atomic E-state index is -1.43. The van der Waals surface area contributed by atoms with Crippen LogP contribution in [0.4, 0.5) is 0 Å². The summed E-state index contributed by atoms with van der Waals surface area (Å²) in [5.41, 5.74) is 0. The van der Waals surface area contributed by atoms with E-state index in [1.807, 2.05) is 0 Å². The quantitative estimate of drug-likeness (QED) is 0.326. The molecule has 0 amide bonds. The van der Waals surface area contributed by atoms with Gasteiger partial charge < -0.3 is 25.2 Å².